The van der Waals surface area contributed by atoms with Gasteiger partial charge >= 0.3 is 0 Å². The summed E-state index contributed by atoms with van der Waals surface area (Å²) in [4.78, 5) is 25.7. The Morgan fingerprint density at radius 3 is 2.79 bits per heavy atom. The minimum atomic E-state index is 0.153. The van der Waals surface area contributed by atoms with Gasteiger partial charge in [0, 0.05) is 50.0 Å². The molecule has 1 aromatic carbocycles. The van der Waals surface area contributed by atoms with E-state index in [-0.39, 0.29) is 5.91 Å². The number of pyridine rings is 1. The Kier molecular flexibility index (Phi) is 4.84. The molecule has 1 fully saturated rings. The Labute approximate surface area is 171 Å². The summed E-state index contributed by atoms with van der Waals surface area (Å²) in [6.45, 7) is 6.47. The Morgan fingerprint density at radius 2 is 2.00 bits per heavy atom. The number of aryl methyl sites for hydroxylation is 1. The van der Waals surface area contributed by atoms with Crippen LogP contribution in [-0.4, -0.2) is 51.9 Å². The minimum absolute atomic E-state index is 0.153. The Bertz CT molecular complexity index is 1020. The fourth-order valence-electron chi connectivity index (χ4n) is 4.79. The Morgan fingerprint density at radius 1 is 1.14 bits per heavy atom. The Balaban J connectivity index is 1.32. The summed E-state index contributed by atoms with van der Waals surface area (Å²) >= 11 is 0. The van der Waals surface area contributed by atoms with Gasteiger partial charge in [-0.25, -0.2) is 0 Å². The zero-order valence-electron chi connectivity index (χ0n) is 17.0. The molecule has 1 atom stereocenters. The van der Waals surface area contributed by atoms with Gasteiger partial charge in [-0.15, -0.1) is 0 Å². The van der Waals surface area contributed by atoms with Crippen molar-refractivity contribution in [3.05, 3.63) is 65.1 Å². The summed E-state index contributed by atoms with van der Waals surface area (Å²) in [6.07, 6.45) is 5.26. The van der Waals surface area contributed by atoms with Gasteiger partial charge in [0.15, 0.2) is 0 Å². The van der Waals surface area contributed by atoms with E-state index in [4.69, 9.17) is 0 Å². The molecule has 5 rings (SSSR count). The zero-order valence-corrected chi connectivity index (χ0v) is 17.0. The fraction of sp³-hybridized carbons (Fsp3) is 0.417. The number of nitrogens with zero attached hydrogens (tertiary/aromatic N) is 3. The van der Waals surface area contributed by atoms with Gasteiger partial charge in [0.05, 0.1) is 16.8 Å². The molecule has 1 N–H and O–H groups in total. The van der Waals surface area contributed by atoms with Gasteiger partial charge in [0.25, 0.3) is 5.91 Å². The van der Waals surface area contributed by atoms with Crippen LogP contribution in [0.5, 0.6) is 0 Å². The van der Waals surface area contributed by atoms with Crippen LogP contribution in [0.1, 0.15) is 40.7 Å². The maximum Gasteiger partial charge on any atom is 0.256 e. The van der Waals surface area contributed by atoms with Gasteiger partial charge in [0.2, 0.25) is 0 Å². The maximum absolute atomic E-state index is 13.3. The average Bonchev–Trinajstić information content (AvgIpc) is 3.12. The summed E-state index contributed by atoms with van der Waals surface area (Å²) in [5, 5.41) is 1.24. The van der Waals surface area contributed by atoms with E-state index in [1.165, 1.54) is 23.1 Å². The lowest BCUT2D eigenvalue weighted by atomic mass is 9.87. The summed E-state index contributed by atoms with van der Waals surface area (Å²) < 4.78 is 0. The lowest BCUT2D eigenvalue weighted by Crippen LogP contribution is -2.48. The van der Waals surface area contributed by atoms with Gasteiger partial charge in [-0.1, -0.05) is 25.1 Å². The van der Waals surface area contributed by atoms with Crippen LogP contribution in [0, 0.1) is 5.92 Å². The molecule has 1 amide bonds. The van der Waals surface area contributed by atoms with Crippen LogP contribution < -0.4 is 0 Å². The van der Waals surface area contributed by atoms with E-state index in [2.05, 4.69) is 33.9 Å². The first-order chi connectivity index (χ1) is 14.2. The van der Waals surface area contributed by atoms with Gasteiger partial charge in [-0.3, -0.25) is 14.7 Å². The first-order valence-electron chi connectivity index (χ1n) is 10.7. The number of aromatic nitrogens is 2. The molecule has 2 aliphatic rings. The minimum Gasteiger partial charge on any atom is -0.358 e. The number of nitrogens with one attached hydrogen (secondary N) is 1. The third kappa shape index (κ3) is 3.55. The molecule has 5 nitrogen and oxygen atoms in total. The second kappa shape index (κ2) is 7.64. The highest BCUT2D eigenvalue weighted by molar-refractivity contribution is 6.06. The highest BCUT2D eigenvalue weighted by Crippen LogP contribution is 2.33. The molecule has 150 valence electrons. The lowest BCUT2D eigenvalue weighted by molar-refractivity contribution is 0.0629. The summed E-state index contributed by atoms with van der Waals surface area (Å²) in [5.74, 6) is 0.868. The standard InChI is InChI=1S/C24H28N4O/c1-17-8-9-22-21(15-17)19-6-4-7-20(23(19)26-22)24(29)28-13-11-27(12-14-28)16-18-5-2-3-10-25-18/h2-7,10,17,26H,8-9,11-16H2,1H3/t17-/m1/s1. The summed E-state index contributed by atoms with van der Waals surface area (Å²) in [7, 11) is 0. The van der Waals surface area contributed by atoms with Gasteiger partial charge in [-0.2, -0.15) is 0 Å². The normalized spacial score (nSPS) is 20.0. The molecular weight excluding hydrogens is 360 g/mol. The predicted molar refractivity (Wildman–Crippen MR) is 115 cm³/mol. The number of H-pyrrole nitrogens is 1. The van der Waals surface area contributed by atoms with Crippen molar-refractivity contribution >= 4 is 16.8 Å². The molecule has 0 radical (unpaired) electrons. The number of hydrogen-bond acceptors (Lipinski definition) is 3. The third-order valence-electron chi connectivity index (χ3n) is 6.47. The molecule has 1 aliphatic heterocycles. The number of fused-ring (bicyclic) bond motifs is 3. The van der Waals surface area contributed by atoms with Gasteiger partial charge < -0.3 is 9.88 Å². The number of rotatable bonds is 3. The second-order valence-electron chi connectivity index (χ2n) is 8.55. The third-order valence-corrected chi connectivity index (χ3v) is 6.47. The van der Waals surface area contributed by atoms with Crippen molar-refractivity contribution in [3.63, 3.8) is 0 Å². The topological polar surface area (TPSA) is 52.2 Å². The average molecular weight is 389 g/mol. The molecule has 0 spiro atoms. The van der Waals surface area contributed by atoms with Crippen molar-refractivity contribution in [1.82, 2.24) is 19.8 Å². The predicted octanol–water partition coefficient (Wildman–Crippen LogP) is 3.65. The van der Waals surface area contributed by atoms with E-state index >= 15 is 0 Å². The highest BCUT2D eigenvalue weighted by Gasteiger charge is 2.26. The quantitative estimate of drug-likeness (QED) is 0.745. The smallest absolute Gasteiger partial charge is 0.256 e. The number of carbonyl (C=O) groups is 1. The van der Waals surface area contributed by atoms with Crippen molar-refractivity contribution in [2.45, 2.75) is 32.7 Å². The maximum atomic E-state index is 13.3. The number of hydrogen-bond donors (Lipinski definition) is 1. The van der Waals surface area contributed by atoms with Gasteiger partial charge in [0.1, 0.15) is 0 Å². The number of para-hydroxylation sites is 1. The van der Waals surface area contributed by atoms with Crippen LogP contribution in [0.15, 0.2) is 42.6 Å². The van der Waals surface area contributed by atoms with Crippen molar-refractivity contribution in [3.8, 4) is 0 Å². The SMILES string of the molecule is C[C@@H]1CCc2[nH]c3c(C(=O)N4CCN(Cc5ccccn5)CC4)cccc3c2C1. The monoisotopic (exact) mass is 388 g/mol. The molecule has 0 unspecified atom stereocenters. The molecule has 29 heavy (non-hydrogen) atoms. The van der Waals surface area contributed by atoms with E-state index < -0.39 is 0 Å². The summed E-state index contributed by atoms with van der Waals surface area (Å²) in [5.41, 5.74) is 5.70. The number of aromatic amines is 1. The second-order valence-corrected chi connectivity index (χ2v) is 8.55. The van der Waals surface area contributed by atoms with Crippen LogP contribution in [-0.2, 0) is 19.4 Å². The van der Waals surface area contributed by atoms with E-state index in [9.17, 15) is 4.79 Å². The van der Waals surface area contributed by atoms with Crippen LogP contribution >= 0.6 is 0 Å². The lowest BCUT2D eigenvalue weighted by Gasteiger charge is -2.34. The van der Waals surface area contributed by atoms with Gasteiger partial charge in [-0.05, 0) is 48.9 Å². The van der Waals surface area contributed by atoms with E-state index in [0.717, 1.165) is 62.3 Å². The van der Waals surface area contributed by atoms with Crippen molar-refractivity contribution < 1.29 is 4.79 Å². The molecule has 1 saturated heterocycles. The van der Waals surface area contributed by atoms with Crippen LogP contribution in [0.2, 0.25) is 0 Å². The van der Waals surface area contributed by atoms with E-state index in [1.807, 2.05) is 35.4 Å². The molecule has 3 heterocycles. The van der Waals surface area contributed by atoms with E-state index in [0.29, 0.717) is 5.92 Å². The van der Waals surface area contributed by atoms with E-state index in [1.54, 1.807) is 0 Å². The Hall–Kier alpha value is -2.66. The van der Waals surface area contributed by atoms with Crippen molar-refractivity contribution in [2.75, 3.05) is 26.2 Å². The van der Waals surface area contributed by atoms with Crippen LogP contribution in [0.25, 0.3) is 10.9 Å². The first-order valence-corrected chi connectivity index (χ1v) is 10.7. The molecule has 0 saturated carbocycles. The number of carbonyl (C=O) groups excluding carboxylic acids is 1. The van der Waals surface area contributed by atoms with Crippen molar-refractivity contribution in [1.29, 1.82) is 0 Å². The largest absolute Gasteiger partial charge is 0.358 e. The number of benzene rings is 1. The highest BCUT2D eigenvalue weighted by atomic mass is 16.2. The molecule has 0 bridgehead atoms. The number of piperazine rings is 1. The van der Waals surface area contributed by atoms with Crippen molar-refractivity contribution in [2.24, 2.45) is 5.92 Å². The zero-order chi connectivity index (χ0) is 19.8. The van der Waals surface area contributed by atoms with Crippen LogP contribution in [0.4, 0.5) is 0 Å². The fourth-order valence-corrected chi connectivity index (χ4v) is 4.79. The molecule has 3 aromatic rings. The number of amides is 1. The first kappa shape index (κ1) is 18.4. The molecule has 2 aromatic heterocycles. The van der Waals surface area contributed by atoms with Crippen LogP contribution in [0.3, 0.4) is 0 Å². The molecule has 1 aliphatic carbocycles. The molecular formula is C24H28N4O. The molecule has 5 heteroatoms. The summed E-state index contributed by atoms with van der Waals surface area (Å²) in [6, 6.07) is 12.2.